The van der Waals surface area contributed by atoms with Crippen LogP contribution in [0.25, 0.3) is 0 Å². The number of benzene rings is 1. The van der Waals surface area contributed by atoms with E-state index in [1.165, 1.54) is 18.4 Å². The molecule has 106 valence electrons. The Morgan fingerprint density at radius 2 is 2.11 bits per heavy atom. The van der Waals surface area contributed by atoms with E-state index < -0.39 is 0 Å². The van der Waals surface area contributed by atoms with Crippen LogP contribution in [0.3, 0.4) is 0 Å². The Morgan fingerprint density at radius 1 is 1.26 bits per heavy atom. The Hall–Kier alpha value is -0.900. The molecule has 1 aliphatic heterocycles. The molecule has 0 aliphatic carbocycles. The van der Waals surface area contributed by atoms with Crippen molar-refractivity contribution in [3.8, 4) is 0 Å². The summed E-state index contributed by atoms with van der Waals surface area (Å²) in [7, 11) is 0. The summed E-state index contributed by atoms with van der Waals surface area (Å²) in [5.41, 5.74) is 1.35. The molecule has 0 spiro atoms. The van der Waals surface area contributed by atoms with Crippen molar-refractivity contribution in [1.82, 2.24) is 5.32 Å². The minimum Gasteiger partial charge on any atom is -0.389 e. The molecule has 0 aromatic heterocycles. The van der Waals surface area contributed by atoms with Gasteiger partial charge in [-0.25, -0.2) is 0 Å². The van der Waals surface area contributed by atoms with Crippen LogP contribution in [0.1, 0.15) is 31.2 Å². The van der Waals surface area contributed by atoms with Crippen LogP contribution in [-0.4, -0.2) is 37.0 Å². The van der Waals surface area contributed by atoms with Crippen LogP contribution in [-0.2, 0) is 11.2 Å². The van der Waals surface area contributed by atoms with Crippen molar-refractivity contribution >= 4 is 0 Å². The molecule has 19 heavy (non-hydrogen) atoms. The summed E-state index contributed by atoms with van der Waals surface area (Å²) in [5, 5.41) is 13.4. The summed E-state index contributed by atoms with van der Waals surface area (Å²) < 4.78 is 5.58. The second kappa shape index (κ2) is 8.31. The number of hydrogen-bond acceptors (Lipinski definition) is 3. The number of aliphatic hydroxyl groups is 1. The number of hydrogen-bond donors (Lipinski definition) is 2. The molecule has 0 bridgehead atoms. The predicted octanol–water partition coefficient (Wildman–Crippen LogP) is 2.14. The molecule has 2 rings (SSSR count). The van der Waals surface area contributed by atoms with Crippen LogP contribution in [0.4, 0.5) is 0 Å². The lowest BCUT2D eigenvalue weighted by Gasteiger charge is -2.27. The molecule has 1 aromatic carbocycles. The van der Waals surface area contributed by atoms with Gasteiger partial charge in [0.2, 0.25) is 0 Å². The molecule has 1 heterocycles. The van der Waals surface area contributed by atoms with Crippen LogP contribution >= 0.6 is 0 Å². The van der Waals surface area contributed by atoms with Crippen molar-refractivity contribution in [2.75, 3.05) is 19.8 Å². The highest BCUT2D eigenvalue weighted by molar-refractivity contribution is 5.14. The fourth-order valence-electron chi connectivity index (χ4n) is 2.55. The first-order valence-corrected chi connectivity index (χ1v) is 7.39. The average molecular weight is 263 g/mol. The molecule has 1 fully saturated rings. The van der Waals surface area contributed by atoms with Crippen molar-refractivity contribution in [3.63, 3.8) is 0 Å². The lowest BCUT2D eigenvalue weighted by atomic mass is 10.0. The Bertz CT molecular complexity index is 336. The minimum absolute atomic E-state index is 0.225. The molecule has 0 amide bonds. The molecular weight excluding hydrogens is 238 g/mol. The van der Waals surface area contributed by atoms with Gasteiger partial charge in [0, 0.05) is 12.6 Å². The standard InChI is InChI=1S/C16H25NO2/c18-16(15-10-4-5-11-17-15)13-19-12-6-9-14-7-2-1-3-8-14/h1-3,7-8,15-18H,4-6,9-13H2/t15-,16+/m1/s1. The molecule has 2 atom stereocenters. The lowest BCUT2D eigenvalue weighted by Crippen LogP contribution is -2.45. The second-order valence-electron chi connectivity index (χ2n) is 5.29. The summed E-state index contributed by atoms with van der Waals surface area (Å²) in [6.07, 6.45) is 5.18. The van der Waals surface area contributed by atoms with Crippen molar-refractivity contribution in [2.24, 2.45) is 0 Å². The third-order valence-corrected chi connectivity index (χ3v) is 3.70. The number of aryl methyl sites for hydroxylation is 1. The lowest BCUT2D eigenvalue weighted by molar-refractivity contribution is 0.0105. The summed E-state index contributed by atoms with van der Waals surface area (Å²) in [6.45, 7) is 2.20. The summed E-state index contributed by atoms with van der Waals surface area (Å²) in [4.78, 5) is 0. The third-order valence-electron chi connectivity index (χ3n) is 3.70. The zero-order chi connectivity index (χ0) is 13.3. The Morgan fingerprint density at radius 3 is 2.84 bits per heavy atom. The normalized spacial score (nSPS) is 21.2. The average Bonchev–Trinajstić information content (AvgIpc) is 2.49. The minimum atomic E-state index is -0.364. The van der Waals surface area contributed by atoms with Gasteiger partial charge in [-0.15, -0.1) is 0 Å². The van der Waals surface area contributed by atoms with E-state index in [1.807, 2.05) is 6.07 Å². The first-order chi connectivity index (χ1) is 9.36. The van der Waals surface area contributed by atoms with Crippen molar-refractivity contribution in [3.05, 3.63) is 35.9 Å². The van der Waals surface area contributed by atoms with Crippen LogP contribution in [0, 0.1) is 0 Å². The molecule has 0 saturated carbocycles. The quantitative estimate of drug-likeness (QED) is 0.741. The molecule has 3 heteroatoms. The maximum atomic E-state index is 10.0. The smallest absolute Gasteiger partial charge is 0.0926 e. The molecule has 2 N–H and O–H groups in total. The highest BCUT2D eigenvalue weighted by Gasteiger charge is 2.20. The van der Waals surface area contributed by atoms with Gasteiger partial charge < -0.3 is 15.2 Å². The van der Waals surface area contributed by atoms with Gasteiger partial charge in [-0.1, -0.05) is 36.8 Å². The van der Waals surface area contributed by atoms with Gasteiger partial charge in [-0.3, -0.25) is 0 Å². The van der Waals surface area contributed by atoms with Crippen LogP contribution in [0.2, 0.25) is 0 Å². The van der Waals surface area contributed by atoms with Crippen molar-refractivity contribution in [2.45, 2.75) is 44.2 Å². The van der Waals surface area contributed by atoms with E-state index in [9.17, 15) is 5.11 Å². The molecule has 1 aliphatic rings. The Balaban J connectivity index is 1.54. The number of aliphatic hydroxyl groups excluding tert-OH is 1. The third kappa shape index (κ3) is 5.31. The van der Waals surface area contributed by atoms with Gasteiger partial charge >= 0.3 is 0 Å². The molecule has 3 nitrogen and oxygen atoms in total. The van der Waals surface area contributed by atoms with E-state index in [0.29, 0.717) is 6.61 Å². The van der Waals surface area contributed by atoms with E-state index in [1.54, 1.807) is 0 Å². The van der Waals surface area contributed by atoms with E-state index in [4.69, 9.17) is 4.74 Å². The van der Waals surface area contributed by atoms with E-state index >= 15 is 0 Å². The van der Waals surface area contributed by atoms with Crippen LogP contribution < -0.4 is 5.32 Å². The van der Waals surface area contributed by atoms with Gasteiger partial charge in [-0.05, 0) is 37.8 Å². The summed E-state index contributed by atoms with van der Waals surface area (Å²) in [6, 6.07) is 10.7. The Kier molecular flexibility index (Phi) is 6.34. The highest BCUT2D eigenvalue weighted by Crippen LogP contribution is 2.11. The van der Waals surface area contributed by atoms with Gasteiger partial charge in [0.05, 0.1) is 12.7 Å². The van der Waals surface area contributed by atoms with Gasteiger partial charge in [-0.2, -0.15) is 0 Å². The summed E-state index contributed by atoms with van der Waals surface area (Å²) >= 11 is 0. The number of piperidine rings is 1. The molecule has 0 unspecified atom stereocenters. The van der Waals surface area contributed by atoms with Crippen molar-refractivity contribution in [1.29, 1.82) is 0 Å². The molecule has 0 radical (unpaired) electrons. The SMILES string of the molecule is O[C@@H](COCCCc1ccccc1)[C@H]1CCCCN1. The number of nitrogens with one attached hydrogen (secondary N) is 1. The fourth-order valence-corrected chi connectivity index (χ4v) is 2.55. The van der Waals surface area contributed by atoms with Crippen LogP contribution in [0.15, 0.2) is 30.3 Å². The monoisotopic (exact) mass is 263 g/mol. The zero-order valence-electron chi connectivity index (χ0n) is 11.6. The topological polar surface area (TPSA) is 41.5 Å². The molecule has 1 aromatic rings. The first-order valence-electron chi connectivity index (χ1n) is 7.39. The fraction of sp³-hybridized carbons (Fsp3) is 0.625. The summed E-state index contributed by atoms with van der Waals surface area (Å²) in [5.74, 6) is 0. The largest absolute Gasteiger partial charge is 0.389 e. The zero-order valence-corrected chi connectivity index (χ0v) is 11.6. The highest BCUT2D eigenvalue weighted by atomic mass is 16.5. The van der Waals surface area contributed by atoms with E-state index in [0.717, 1.165) is 32.4 Å². The van der Waals surface area contributed by atoms with Gasteiger partial charge in [0.25, 0.3) is 0 Å². The maximum Gasteiger partial charge on any atom is 0.0926 e. The first kappa shape index (κ1) is 14.5. The second-order valence-corrected chi connectivity index (χ2v) is 5.29. The Labute approximate surface area is 116 Å². The number of rotatable bonds is 7. The van der Waals surface area contributed by atoms with Crippen molar-refractivity contribution < 1.29 is 9.84 Å². The maximum absolute atomic E-state index is 10.0. The predicted molar refractivity (Wildman–Crippen MR) is 77.2 cm³/mol. The van der Waals surface area contributed by atoms with E-state index in [-0.39, 0.29) is 12.1 Å². The molecule has 1 saturated heterocycles. The number of ether oxygens (including phenoxy) is 1. The van der Waals surface area contributed by atoms with Crippen LogP contribution in [0.5, 0.6) is 0 Å². The van der Waals surface area contributed by atoms with Gasteiger partial charge in [0.1, 0.15) is 0 Å². The van der Waals surface area contributed by atoms with E-state index in [2.05, 4.69) is 29.6 Å². The van der Waals surface area contributed by atoms with Gasteiger partial charge in [0.15, 0.2) is 0 Å². The molecular formula is C16H25NO2.